The van der Waals surface area contributed by atoms with Crippen LogP contribution >= 0.6 is 11.8 Å². The number of methoxy groups -OCH3 is 2. The van der Waals surface area contributed by atoms with E-state index in [2.05, 4.69) is 10.2 Å². The number of phenols is 2. The number of aromatic hydroxyl groups is 2. The maximum Gasteiger partial charge on any atom is 0.331 e. The van der Waals surface area contributed by atoms with Gasteiger partial charge in [-0.25, -0.2) is 4.79 Å². The van der Waals surface area contributed by atoms with Crippen molar-refractivity contribution in [3.63, 3.8) is 0 Å². The Morgan fingerprint density at radius 1 is 1.02 bits per heavy atom. The second-order valence-corrected chi connectivity index (χ2v) is 16.8. The van der Waals surface area contributed by atoms with E-state index in [0.29, 0.717) is 70.1 Å². The SMILES string of the molecule is CCC1Cc2cc(O)c(OC)cc2[C@@]2(CS[C@@H]3c4c(OC(C)=O)c(C)c5c(c4[C@H](COC2=O)N2C3[C@H]3c4c(cc(C)c(OC)c4O)C[C@@H]([C@@H]2O)N3C)OCO5)N1. The number of hydrogen-bond acceptors (Lipinski definition) is 15. The summed E-state index contributed by atoms with van der Waals surface area (Å²) in [5.41, 5.74) is 4.36. The van der Waals surface area contributed by atoms with Crippen LogP contribution < -0.4 is 29.0 Å². The summed E-state index contributed by atoms with van der Waals surface area (Å²) in [4.78, 5) is 32.1. The summed E-state index contributed by atoms with van der Waals surface area (Å²) < 4.78 is 36.2. The maximum absolute atomic E-state index is 14.9. The highest BCUT2D eigenvalue weighted by molar-refractivity contribution is 7.99. The molecule has 8 atom stereocenters. The molecule has 2 saturated heterocycles. The molecule has 7 aliphatic rings. The molecule has 0 aliphatic carbocycles. The van der Waals surface area contributed by atoms with Crippen LogP contribution in [0.5, 0.6) is 40.2 Å². The second-order valence-electron chi connectivity index (χ2n) is 15.7. The van der Waals surface area contributed by atoms with Gasteiger partial charge in [-0.3, -0.25) is 19.9 Å². The second kappa shape index (κ2) is 13.3. The highest BCUT2D eigenvalue weighted by Gasteiger charge is 2.61. The van der Waals surface area contributed by atoms with Gasteiger partial charge in [0.1, 0.15) is 18.6 Å². The molecule has 4 N–H and O–H groups in total. The fraction of sp³-hybridized carbons (Fsp3) is 0.512. The molecule has 0 aromatic heterocycles. The van der Waals surface area contributed by atoms with Gasteiger partial charge in [0.2, 0.25) is 6.79 Å². The predicted molar refractivity (Wildman–Crippen MR) is 204 cm³/mol. The van der Waals surface area contributed by atoms with E-state index < -0.39 is 53.1 Å². The zero-order valence-electron chi connectivity index (χ0n) is 32.4. The van der Waals surface area contributed by atoms with Gasteiger partial charge in [0.05, 0.1) is 37.6 Å². The van der Waals surface area contributed by atoms with Gasteiger partial charge >= 0.3 is 11.9 Å². The van der Waals surface area contributed by atoms with E-state index in [9.17, 15) is 24.9 Å². The van der Waals surface area contributed by atoms with E-state index in [4.69, 9.17) is 28.4 Å². The highest BCUT2D eigenvalue weighted by atomic mass is 32.2. The number of aliphatic hydroxyl groups is 1. The van der Waals surface area contributed by atoms with Crippen molar-refractivity contribution >= 4 is 23.7 Å². The number of nitrogens with zero attached hydrogens (tertiary/aromatic N) is 2. The quantitative estimate of drug-likeness (QED) is 0.219. The number of piperazine rings is 1. The molecule has 2 unspecified atom stereocenters. The molecule has 56 heavy (non-hydrogen) atoms. The number of aryl methyl sites for hydroxylation is 1. The number of thioether (sulfide) groups is 1. The molecule has 0 radical (unpaired) electrons. The molecule has 298 valence electrons. The standard InChI is InChI=1S/C41H47N3O11S/c1-8-22-10-20-12-26(46)27(50-6)13-23(20)41(42-22)15-56-38-30-29(37-36(53-16-54-37)18(3)35(30)55-19(4)45)25(14-52-40(41)49)44-32(38)31-28-21(11-24(39(44)48)43(31)5)9-17(2)34(51-7)33(28)47/h9,12-13,22,24-25,31-32,38-39,42,46-48H,8,10-11,14-16H2,1-7H3/t22?,24-,25-,31+,32?,38+,39-,41+/m0/s1. The molecule has 10 rings (SSSR count). The summed E-state index contributed by atoms with van der Waals surface area (Å²) >= 11 is 1.48. The van der Waals surface area contributed by atoms with Crippen molar-refractivity contribution in [3.8, 4) is 40.2 Å². The van der Waals surface area contributed by atoms with E-state index in [1.807, 2.05) is 38.8 Å². The molecule has 3 aromatic rings. The van der Waals surface area contributed by atoms with Crippen molar-refractivity contribution < 1.29 is 53.3 Å². The Bertz CT molecular complexity index is 2180. The summed E-state index contributed by atoms with van der Waals surface area (Å²) in [6, 6.07) is 3.04. The minimum absolute atomic E-state index is 0.0181. The monoisotopic (exact) mass is 789 g/mol. The van der Waals surface area contributed by atoms with Crippen LogP contribution in [0.4, 0.5) is 0 Å². The highest BCUT2D eigenvalue weighted by Crippen LogP contribution is 2.64. The Morgan fingerprint density at radius 2 is 1.79 bits per heavy atom. The maximum atomic E-state index is 14.9. The number of carbonyl (C=O) groups is 2. The zero-order chi connectivity index (χ0) is 39.5. The molecule has 0 amide bonds. The first kappa shape index (κ1) is 37.2. The van der Waals surface area contributed by atoms with Crippen LogP contribution in [0.1, 0.15) is 82.1 Å². The Hall–Kier alpha value is -4.41. The normalized spacial score (nSPS) is 30.1. The van der Waals surface area contributed by atoms with Gasteiger partial charge in [-0.2, -0.15) is 0 Å². The van der Waals surface area contributed by atoms with Crippen molar-refractivity contribution in [2.45, 2.75) is 94.2 Å². The first-order valence-corrected chi connectivity index (χ1v) is 20.1. The van der Waals surface area contributed by atoms with Crippen LogP contribution in [0.3, 0.4) is 0 Å². The lowest BCUT2D eigenvalue weighted by molar-refractivity contribution is -0.186. The molecule has 3 aromatic carbocycles. The van der Waals surface area contributed by atoms with Crippen LogP contribution in [0.25, 0.3) is 0 Å². The summed E-state index contributed by atoms with van der Waals surface area (Å²) in [6.07, 6.45) is 0.678. The summed E-state index contributed by atoms with van der Waals surface area (Å²) in [5.74, 6) is 0.966. The Morgan fingerprint density at radius 3 is 2.50 bits per heavy atom. The minimum atomic E-state index is -1.38. The number of aliphatic hydroxyl groups excluding tert-OH is 1. The number of ether oxygens (including phenoxy) is 6. The van der Waals surface area contributed by atoms with E-state index >= 15 is 0 Å². The first-order chi connectivity index (χ1) is 26.8. The first-order valence-electron chi connectivity index (χ1n) is 19.0. The van der Waals surface area contributed by atoms with Crippen molar-refractivity contribution in [2.75, 3.05) is 40.4 Å². The number of fused-ring (bicyclic) bond motifs is 9. The van der Waals surface area contributed by atoms with Crippen LogP contribution in [0, 0.1) is 13.8 Å². The number of carbonyl (C=O) groups excluding carboxylic acids is 2. The van der Waals surface area contributed by atoms with Gasteiger partial charge in [0.15, 0.2) is 40.0 Å². The molecule has 14 nitrogen and oxygen atoms in total. The van der Waals surface area contributed by atoms with Crippen molar-refractivity contribution in [1.82, 2.24) is 15.1 Å². The number of likely N-dealkylation sites (N-methyl/N-ethyl adjacent to an activating group) is 1. The third-order valence-electron chi connectivity index (χ3n) is 12.9. The van der Waals surface area contributed by atoms with Gasteiger partial charge < -0.3 is 43.7 Å². The lowest BCUT2D eigenvalue weighted by atomic mass is 9.73. The van der Waals surface area contributed by atoms with E-state index in [0.717, 1.165) is 16.7 Å². The predicted octanol–water partition coefficient (Wildman–Crippen LogP) is 4.19. The number of phenolic OH excluding ortho intramolecular Hbond substituents is 2. The van der Waals surface area contributed by atoms with Gasteiger partial charge in [0.25, 0.3) is 0 Å². The van der Waals surface area contributed by atoms with Crippen LogP contribution in [-0.2, 0) is 32.7 Å². The van der Waals surface area contributed by atoms with Gasteiger partial charge in [-0.15, -0.1) is 11.8 Å². The Balaban J connectivity index is 1.32. The summed E-state index contributed by atoms with van der Waals surface area (Å²) in [5, 5.41) is 38.6. The number of esters is 2. The van der Waals surface area contributed by atoms with E-state index in [1.54, 1.807) is 12.1 Å². The van der Waals surface area contributed by atoms with Gasteiger partial charge in [0, 0.05) is 47.0 Å². The van der Waals surface area contributed by atoms with Crippen molar-refractivity contribution in [3.05, 3.63) is 62.7 Å². The third-order valence-corrected chi connectivity index (χ3v) is 14.3. The average Bonchev–Trinajstić information content (AvgIpc) is 3.66. The van der Waals surface area contributed by atoms with Gasteiger partial charge in [-0.1, -0.05) is 13.0 Å². The lowest BCUT2D eigenvalue weighted by Crippen LogP contribution is -2.70. The lowest BCUT2D eigenvalue weighted by Gasteiger charge is -2.62. The molecular formula is C41H47N3O11S. The van der Waals surface area contributed by atoms with E-state index in [-0.39, 0.29) is 42.4 Å². The molecule has 15 heteroatoms. The zero-order valence-corrected chi connectivity index (χ0v) is 33.2. The van der Waals surface area contributed by atoms with Crippen molar-refractivity contribution in [1.29, 1.82) is 0 Å². The molecule has 7 heterocycles. The van der Waals surface area contributed by atoms with Crippen LogP contribution in [0.15, 0.2) is 18.2 Å². The fourth-order valence-corrected chi connectivity index (χ4v) is 12.1. The molecule has 0 saturated carbocycles. The van der Waals surface area contributed by atoms with E-state index in [1.165, 1.54) is 32.9 Å². The Kier molecular flexibility index (Phi) is 8.85. The van der Waals surface area contributed by atoms with Crippen molar-refractivity contribution in [2.24, 2.45) is 0 Å². The summed E-state index contributed by atoms with van der Waals surface area (Å²) in [6.45, 7) is 6.87. The number of benzene rings is 3. The minimum Gasteiger partial charge on any atom is -0.504 e. The Labute approximate surface area is 328 Å². The topological polar surface area (TPSA) is 169 Å². The molecular weight excluding hydrogens is 743 g/mol. The third kappa shape index (κ3) is 5.10. The molecule has 1 spiro atoms. The molecule has 7 aliphatic heterocycles. The largest absolute Gasteiger partial charge is 0.504 e. The molecule has 4 bridgehead atoms. The molecule has 2 fully saturated rings. The number of rotatable bonds is 4. The smallest absolute Gasteiger partial charge is 0.331 e. The average molecular weight is 790 g/mol. The number of nitrogens with one attached hydrogen (secondary N) is 1. The van der Waals surface area contributed by atoms with Gasteiger partial charge in [-0.05, 0) is 74.5 Å². The fourth-order valence-electron chi connectivity index (χ4n) is 10.4. The number of hydrogen-bond donors (Lipinski definition) is 4. The van der Waals surface area contributed by atoms with Crippen LogP contribution in [0.2, 0.25) is 0 Å². The summed E-state index contributed by atoms with van der Waals surface area (Å²) in [7, 11) is 4.97. The van der Waals surface area contributed by atoms with Crippen LogP contribution in [-0.4, -0.2) is 102 Å².